The average molecular weight is 267 g/mol. The molecule has 0 saturated carbocycles. The molecule has 3 heteroatoms. The molecule has 0 aromatic heterocycles. The molecule has 3 nitrogen and oxygen atoms in total. The molecule has 0 heterocycles. The lowest BCUT2D eigenvalue weighted by molar-refractivity contribution is 0.413. The van der Waals surface area contributed by atoms with E-state index in [-0.39, 0.29) is 0 Å². The van der Waals surface area contributed by atoms with E-state index in [1.54, 1.807) is 5.57 Å². The summed E-state index contributed by atoms with van der Waals surface area (Å²) in [7, 11) is 0. The van der Waals surface area contributed by atoms with Crippen molar-refractivity contribution < 1.29 is 0 Å². The molecule has 0 spiro atoms. The van der Waals surface area contributed by atoms with Gasteiger partial charge in [-0.1, -0.05) is 24.5 Å². The van der Waals surface area contributed by atoms with E-state index < -0.39 is 0 Å². The summed E-state index contributed by atoms with van der Waals surface area (Å²) >= 11 is 0. The van der Waals surface area contributed by atoms with Crippen molar-refractivity contribution in [1.29, 1.82) is 0 Å². The van der Waals surface area contributed by atoms with Gasteiger partial charge in [0.25, 0.3) is 0 Å². The van der Waals surface area contributed by atoms with E-state index in [1.807, 2.05) is 0 Å². The Labute approximate surface area is 119 Å². The highest BCUT2D eigenvalue weighted by molar-refractivity contribution is 5.04. The van der Waals surface area contributed by atoms with Crippen molar-refractivity contribution in [3.8, 4) is 0 Å². The highest BCUT2D eigenvalue weighted by Gasteiger charge is 2.12. The van der Waals surface area contributed by atoms with Crippen LogP contribution >= 0.6 is 0 Å². The molecular formula is C16H33N3. The zero-order chi connectivity index (χ0) is 13.8. The van der Waals surface area contributed by atoms with Crippen LogP contribution in [0.5, 0.6) is 0 Å². The van der Waals surface area contributed by atoms with Gasteiger partial charge < -0.3 is 16.8 Å². The predicted octanol–water partition coefficient (Wildman–Crippen LogP) is 2.56. The minimum absolute atomic E-state index is 0.743. The van der Waals surface area contributed by atoms with Gasteiger partial charge in [0.15, 0.2) is 0 Å². The molecule has 0 aromatic carbocycles. The van der Waals surface area contributed by atoms with Gasteiger partial charge in [-0.05, 0) is 64.0 Å². The maximum Gasteiger partial charge on any atom is 0.00745 e. The molecule has 0 aliphatic heterocycles. The molecular weight excluding hydrogens is 234 g/mol. The van der Waals surface area contributed by atoms with E-state index >= 15 is 0 Å². The molecule has 112 valence electrons. The predicted molar refractivity (Wildman–Crippen MR) is 84.1 cm³/mol. The fourth-order valence-corrected chi connectivity index (χ4v) is 2.92. The van der Waals surface area contributed by atoms with Crippen LogP contribution < -0.4 is 16.8 Å². The lowest BCUT2D eigenvalue weighted by Gasteiger charge is -2.13. The monoisotopic (exact) mass is 267 g/mol. The summed E-state index contributed by atoms with van der Waals surface area (Å²) in [6, 6.07) is 0. The van der Waals surface area contributed by atoms with Gasteiger partial charge in [0.05, 0.1) is 0 Å². The van der Waals surface area contributed by atoms with Crippen molar-refractivity contribution in [3.63, 3.8) is 0 Å². The van der Waals surface area contributed by atoms with Gasteiger partial charge in [-0.25, -0.2) is 0 Å². The molecule has 1 rings (SSSR count). The van der Waals surface area contributed by atoms with E-state index in [4.69, 9.17) is 11.5 Å². The highest BCUT2D eigenvalue weighted by Crippen LogP contribution is 2.28. The Morgan fingerprint density at radius 2 is 1.95 bits per heavy atom. The zero-order valence-electron chi connectivity index (χ0n) is 12.5. The Morgan fingerprint density at radius 1 is 1.05 bits per heavy atom. The molecule has 0 amide bonds. The third-order valence-electron chi connectivity index (χ3n) is 4.12. The second kappa shape index (κ2) is 11.4. The Kier molecular flexibility index (Phi) is 10.0. The second-order valence-electron chi connectivity index (χ2n) is 5.77. The first-order valence-corrected chi connectivity index (χ1v) is 8.15. The van der Waals surface area contributed by atoms with Gasteiger partial charge in [0.1, 0.15) is 0 Å². The summed E-state index contributed by atoms with van der Waals surface area (Å²) in [5.41, 5.74) is 12.7. The Hall–Kier alpha value is -0.380. The second-order valence-corrected chi connectivity index (χ2v) is 5.77. The molecule has 1 aliphatic carbocycles. The smallest absolute Gasteiger partial charge is 0.00745 e. The average Bonchev–Trinajstić information content (AvgIpc) is 2.65. The van der Waals surface area contributed by atoms with Crippen LogP contribution in [0.25, 0.3) is 0 Å². The van der Waals surface area contributed by atoms with Crippen molar-refractivity contribution in [2.45, 2.75) is 57.8 Å². The topological polar surface area (TPSA) is 64.1 Å². The lowest BCUT2D eigenvalue weighted by atomic mass is 9.93. The minimum atomic E-state index is 0.743. The van der Waals surface area contributed by atoms with Crippen molar-refractivity contribution in [2.24, 2.45) is 17.4 Å². The van der Waals surface area contributed by atoms with Gasteiger partial charge in [-0.3, -0.25) is 0 Å². The molecule has 0 aromatic rings. The number of unbranched alkanes of at least 4 members (excludes halogenated alkanes) is 1. The summed E-state index contributed by atoms with van der Waals surface area (Å²) in [6.45, 7) is 3.65. The number of allylic oxidation sites excluding steroid dienone is 2. The molecule has 5 N–H and O–H groups in total. The van der Waals surface area contributed by atoms with Crippen LogP contribution in [0.4, 0.5) is 0 Å². The fourth-order valence-electron chi connectivity index (χ4n) is 2.92. The summed E-state index contributed by atoms with van der Waals surface area (Å²) < 4.78 is 0. The van der Waals surface area contributed by atoms with Gasteiger partial charge in [0, 0.05) is 13.1 Å². The zero-order valence-corrected chi connectivity index (χ0v) is 12.5. The van der Waals surface area contributed by atoms with Gasteiger partial charge >= 0.3 is 0 Å². The molecule has 0 radical (unpaired) electrons. The summed E-state index contributed by atoms with van der Waals surface area (Å²) in [6.07, 6.45) is 14.3. The summed E-state index contributed by atoms with van der Waals surface area (Å²) in [4.78, 5) is 0. The van der Waals surface area contributed by atoms with E-state index in [1.165, 1.54) is 57.8 Å². The number of rotatable bonds is 10. The standard InChI is InChI=1S/C16H33N3/c17-11-2-1-5-15-6-3-7-16(10-9-15)8-4-13-19-14-12-18/h7,15,19H,1-6,8-14,17-18H2. The van der Waals surface area contributed by atoms with Crippen molar-refractivity contribution >= 4 is 0 Å². The van der Waals surface area contributed by atoms with Crippen LogP contribution in [0, 0.1) is 5.92 Å². The largest absolute Gasteiger partial charge is 0.330 e. The van der Waals surface area contributed by atoms with E-state index in [0.717, 1.165) is 32.1 Å². The van der Waals surface area contributed by atoms with Crippen LogP contribution in [-0.2, 0) is 0 Å². The molecule has 1 aliphatic rings. The van der Waals surface area contributed by atoms with Gasteiger partial charge in [0.2, 0.25) is 0 Å². The van der Waals surface area contributed by atoms with Gasteiger partial charge in [-0.15, -0.1) is 0 Å². The molecule has 1 atom stereocenters. The molecule has 0 saturated heterocycles. The molecule has 1 unspecified atom stereocenters. The first-order valence-electron chi connectivity index (χ1n) is 8.15. The van der Waals surface area contributed by atoms with Crippen LogP contribution in [0.15, 0.2) is 11.6 Å². The molecule has 19 heavy (non-hydrogen) atoms. The SMILES string of the molecule is NCCCCC1CCC=C(CCCNCCN)CC1. The third kappa shape index (κ3) is 8.40. The Morgan fingerprint density at radius 3 is 2.74 bits per heavy atom. The van der Waals surface area contributed by atoms with Crippen molar-refractivity contribution in [2.75, 3.05) is 26.2 Å². The van der Waals surface area contributed by atoms with Crippen LogP contribution in [0.2, 0.25) is 0 Å². The van der Waals surface area contributed by atoms with Crippen LogP contribution in [0.1, 0.15) is 57.8 Å². The highest BCUT2D eigenvalue weighted by atomic mass is 14.9. The number of hydrogen-bond acceptors (Lipinski definition) is 3. The maximum atomic E-state index is 5.56. The number of nitrogens with one attached hydrogen (secondary N) is 1. The first kappa shape index (κ1) is 16.7. The van der Waals surface area contributed by atoms with Crippen LogP contribution in [-0.4, -0.2) is 26.2 Å². The normalized spacial score (nSPS) is 20.1. The van der Waals surface area contributed by atoms with Crippen molar-refractivity contribution in [3.05, 3.63) is 11.6 Å². The summed E-state index contributed by atoms with van der Waals surface area (Å²) in [5.74, 6) is 0.940. The minimum Gasteiger partial charge on any atom is -0.330 e. The summed E-state index contributed by atoms with van der Waals surface area (Å²) in [5, 5.41) is 3.37. The quantitative estimate of drug-likeness (QED) is 0.421. The molecule has 0 fully saturated rings. The molecule has 0 bridgehead atoms. The Balaban J connectivity index is 2.09. The lowest BCUT2D eigenvalue weighted by Crippen LogP contribution is -2.23. The van der Waals surface area contributed by atoms with E-state index in [2.05, 4.69) is 11.4 Å². The number of nitrogens with two attached hydrogens (primary N) is 2. The first-order chi connectivity index (χ1) is 9.36. The Bertz CT molecular complexity index is 238. The number of hydrogen-bond donors (Lipinski definition) is 3. The third-order valence-corrected chi connectivity index (χ3v) is 4.12. The van der Waals surface area contributed by atoms with E-state index in [0.29, 0.717) is 0 Å². The van der Waals surface area contributed by atoms with E-state index in [9.17, 15) is 0 Å². The van der Waals surface area contributed by atoms with Crippen molar-refractivity contribution in [1.82, 2.24) is 5.32 Å². The van der Waals surface area contributed by atoms with Crippen LogP contribution in [0.3, 0.4) is 0 Å². The van der Waals surface area contributed by atoms with Gasteiger partial charge in [-0.2, -0.15) is 0 Å². The fraction of sp³-hybridized carbons (Fsp3) is 0.875. The maximum absolute atomic E-state index is 5.56.